The van der Waals surface area contributed by atoms with Crippen LogP contribution in [0.2, 0.25) is 5.15 Å². The molecular weight excluding hydrogens is 278 g/mol. The predicted octanol–water partition coefficient (Wildman–Crippen LogP) is 1.96. The molecule has 0 aromatic carbocycles. The van der Waals surface area contributed by atoms with Gasteiger partial charge >= 0.3 is 0 Å². The average Bonchev–Trinajstić information content (AvgIpc) is 2.71. The Morgan fingerprint density at radius 1 is 1.10 bits per heavy atom. The number of nitrogens with zero attached hydrogens (tertiary/aromatic N) is 2. The van der Waals surface area contributed by atoms with E-state index in [0.29, 0.717) is 18.4 Å². The molecule has 2 heterocycles. The Balaban J connectivity index is 1.85. The van der Waals surface area contributed by atoms with E-state index in [2.05, 4.69) is 15.5 Å². The van der Waals surface area contributed by atoms with Crippen LogP contribution in [-0.2, 0) is 17.6 Å². The van der Waals surface area contributed by atoms with Gasteiger partial charge in [-0.15, -0.1) is 10.2 Å². The maximum Gasteiger partial charge on any atom is 0.155 e. The van der Waals surface area contributed by atoms with Crippen LogP contribution in [0.5, 0.6) is 0 Å². The molecule has 3 rings (SSSR count). The molecule has 2 atom stereocenters. The summed E-state index contributed by atoms with van der Waals surface area (Å²) in [5.41, 5.74) is 2.13. The number of anilines is 1. The Bertz CT molecular complexity index is 484. The fourth-order valence-corrected chi connectivity index (χ4v) is 3.27. The maximum atomic E-state index is 10.1. The van der Waals surface area contributed by atoms with Crippen molar-refractivity contribution in [3.8, 4) is 0 Å². The molecule has 1 saturated carbocycles. The highest BCUT2D eigenvalue weighted by atomic mass is 35.5. The van der Waals surface area contributed by atoms with Crippen molar-refractivity contribution in [2.45, 2.75) is 50.7 Å². The quantitative estimate of drug-likeness (QED) is 0.873. The summed E-state index contributed by atoms with van der Waals surface area (Å²) in [6.07, 6.45) is 5.31. The Kier molecular flexibility index (Phi) is 4.38. The summed E-state index contributed by atoms with van der Waals surface area (Å²) in [5.74, 6) is 0.765. The lowest BCUT2D eigenvalue weighted by Crippen LogP contribution is -2.37. The Labute approximate surface area is 123 Å². The Morgan fingerprint density at radius 3 is 2.65 bits per heavy atom. The first-order valence-corrected chi connectivity index (χ1v) is 7.70. The normalized spacial score (nSPS) is 26.7. The molecule has 0 amide bonds. The summed E-state index contributed by atoms with van der Waals surface area (Å²) >= 11 is 6.15. The van der Waals surface area contributed by atoms with Crippen molar-refractivity contribution in [3.63, 3.8) is 0 Å². The van der Waals surface area contributed by atoms with E-state index in [1.165, 1.54) is 0 Å². The van der Waals surface area contributed by atoms with Gasteiger partial charge in [-0.25, -0.2) is 0 Å². The number of ether oxygens (including phenoxy) is 1. The zero-order valence-corrected chi connectivity index (χ0v) is 12.2. The molecule has 6 heteroatoms. The molecule has 20 heavy (non-hydrogen) atoms. The van der Waals surface area contributed by atoms with Crippen molar-refractivity contribution in [1.29, 1.82) is 0 Å². The lowest BCUT2D eigenvalue weighted by molar-refractivity contribution is 0.116. The molecule has 0 bridgehead atoms. The predicted molar refractivity (Wildman–Crippen MR) is 77.2 cm³/mol. The van der Waals surface area contributed by atoms with Crippen LogP contribution < -0.4 is 5.32 Å². The summed E-state index contributed by atoms with van der Waals surface area (Å²) in [4.78, 5) is 0. The number of rotatable bonds is 2. The van der Waals surface area contributed by atoms with E-state index in [-0.39, 0.29) is 12.1 Å². The van der Waals surface area contributed by atoms with Gasteiger partial charge in [0, 0.05) is 11.1 Å². The average molecular weight is 298 g/mol. The van der Waals surface area contributed by atoms with Crippen LogP contribution in [0.3, 0.4) is 0 Å². The molecule has 2 aliphatic rings. The third-order valence-electron chi connectivity index (χ3n) is 4.18. The van der Waals surface area contributed by atoms with Gasteiger partial charge < -0.3 is 15.2 Å². The van der Waals surface area contributed by atoms with Gasteiger partial charge in [-0.3, -0.25) is 0 Å². The van der Waals surface area contributed by atoms with Crippen LogP contribution in [0.4, 0.5) is 5.82 Å². The van der Waals surface area contributed by atoms with Gasteiger partial charge in [-0.2, -0.15) is 0 Å². The van der Waals surface area contributed by atoms with Gasteiger partial charge in [0.15, 0.2) is 11.0 Å². The summed E-state index contributed by atoms with van der Waals surface area (Å²) in [6, 6.07) is 0.0625. The van der Waals surface area contributed by atoms with Gasteiger partial charge in [0.05, 0.1) is 25.4 Å². The van der Waals surface area contributed by atoms with Crippen LogP contribution in [-0.4, -0.2) is 40.7 Å². The Hall–Kier alpha value is -0.910. The van der Waals surface area contributed by atoms with Crippen LogP contribution in [0.15, 0.2) is 0 Å². The molecule has 1 aliphatic carbocycles. The van der Waals surface area contributed by atoms with E-state index in [9.17, 15) is 5.11 Å². The summed E-state index contributed by atoms with van der Waals surface area (Å²) in [7, 11) is 0. The molecule has 0 radical (unpaired) electrons. The topological polar surface area (TPSA) is 67.3 Å². The second-order valence-electron chi connectivity index (χ2n) is 5.51. The van der Waals surface area contributed by atoms with Crippen molar-refractivity contribution >= 4 is 17.4 Å². The standard InChI is InChI=1S/C14H20ClN3O2/c15-13-9-5-7-20-8-6-10(9)14(18-17-13)16-11-3-1-2-4-12(11)19/h11-12,19H,1-8H2,(H,16,18)/t11-,12-/m1/s1. The molecule has 0 spiro atoms. The Morgan fingerprint density at radius 2 is 1.85 bits per heavy atom. The third kappa shape index (κ3) is 2.90. The SMILES string of the molecule is O[C@@H]1CCCC[C@H]1Nc1nnc(Cl)c2c1CCOCC2. The van der Waals surface area contributed by atoms with Gasteiger partial charge in [0.25, 0.3) is 0 Å². The number of aromatic nitrogens is 2. The van der Waals surface area contributed by atoms with E-state index in [1.54, 1.807) is 0 Å². The highest BCUT2D eigenvalue weighted by Gasteiger charge is 2.25. The van der Waals surface area contributed by atoms with Gasteiger partial charge in [-0.05, 0) is 25.7 Å². The van der Waals surface area contributed by atoms with Crippen molar-refractivity contribution in [2.24, 2.45) is 0 Å². The smallest absolute Gasteiger partial charge is 0.155 e. The molecule has 5 nitrogen and oxygen atoms in total. The van der Waals surface area contributed by atoms with Gasteiger partial charge in [-0.1, -0.05) is 24.4 Å². The fourth-order valence-electron chi connectivity index (χ4n) is 3.03. The van der Waals surface area contributed by atoms with E-state index in [1.807, 2.05) is 0 Å². The highest BCUT2D eigenvalue weighted by molar-refractivity contribution is 6.30. The van der Waals surface area contributed by atoms with Crippen LogP contribution in [0.25, 0.3) is 0 Å². The number of fused-ring (bicyclic) bond motifs is 1. The van der Waals surface area contributed by atoms with Gasteiger partial charge in [0.1, 0.15) is 0 Å². The minimum atomic E-state index is -0.307. The lowest BCUT2D eigenvalue weighted by atomic mass is 9.92. The highest BCUT2D eigenvalue weighted by Crippen LogP contribution is 2.28. The monoisotopic (exact) mass is 297 g/mol. The number of halogens is 1. The van der Waals surface area contributed by atoms with E-state index in [4.69, 9.17) is 16.3 Å². The summed E-state index contributed by atoms with van der Waals surface area (Å²) in [6.45, 7) is 1.35. The molecule has 1 aromatic heterocycles. The lowest BCUT2D eigenvalue weighted by Gasteiger charge is -2.29. The number of hydrogen-bond acceptors (Lipinski definition) is 5. The largest absolute Gasteiger partial charge is 0.391 e. The van der Waals surface area contributed by atoms with Crippen molar-refractivity contribution in [1.82, 2.24) is 10.2 Å². The van der Waals surface area contributed by atoms with E-state index >= 15 is 0 Å². The minimum Gasteiger partial charge on any atom is -0.391 e. The molecule has 2 N–H and O–H groups in total. The number of aliphatic hydroxyl groups is 1. The number of nitrogens with one attached hydrogen (secondary N) is 1. The van der Waals surface area contributed by atoms with Crippen LogP contribution in [0, 0.1) is 0 Å². The third-order valence-corrected chi connectivity index (χ3v) is 4.49. The molecule has 1 aromatic rings. The molecule has 110 valence electrons. The van der Waals surface area contributed by atoms with Gasteiger partial charge in [0.2, 0.25) is 0 Å². The van der Waals surface area contributed by atoms with Crippen LogP contribution in [0.1, 0.15) is 36.8 Å². The second kappa shape index (κ2) is 6.24. The zero-order chi connectivity index (χ0) is 13.9. The zero-order valence-electron chi connectivity index (χ0n) is 11.4. The fraction of sp³-hybridized carbons (Fsp3) is 0.714. The molecule has 0 unspecified atom stereocenters. The maximum absolute atomic E-state index is 10.1. The molecular formula is C14H20ClN3O2. The number of hydrogen-bond donors (Lipinski definition) is 2. The molecule has 0 saturated heterocycles. The first-order chi connectivity index (χ1) is 9.75. The molecule has 1 aliphatic heterocycles. The first kappa shape index (κ1) is 14.0. The summed E-state index contributed by atoms with van der Waals surface area (Å²) < 4.78 is 5.51. The summed E-state index contributed by atoms with van der Waals surface area (Å²) in [5, 5.41) is 22.2. The van der Waals surface area contributed by atoms with E-state index in [0.717, 1.165) is 55.5 Å². The van der Waals surface area contributed by atoms with Crippen molar-refractivity contribution < 1.29 is 9.84 Å². The second-order valence-corrected chi connectivity index (χ2v) is 5.87. The van der Waals surface area contributed by atoms with Crippen molar-refractivity contribution in [2.75, 3.05) is 18.5 Å². The minimum absolute atomic E-state index is 0.0625. The molecule has 1 fully saturated rings. The van der Waals surface area contributed by atoms with E-state index < -0.39 is 0 Å². The van der Waals surface area contributed by atoms with Crippen LogP contribution >= 0.6 is 11.6 Å². The van der Waals surface area contributed by atoms with Crippen molar-refractivity contribution in [3.05, 3.63) is 16.3 Å². The first-order valence-electron chi connectivity index (χ1n) is 7.32. The number of aliphatic hydroxyl groups excluding tert-OH is 1.